The number of hydrogen-bond acceptors (Lipinski definition) is 4. The molecule has 0 aliphatic rings. The Balaban J connectivity index is 2.18. The summed E-state index contributed by atoms with van der Waals surface area (Å²) >= 11 is 6.01. The van der Waals surface area contributed by atoms with E-state index in [1.807, 2.05) is 6.07 Å². The number of carboxylic acids is 1. The summed E-state index contributed by atoms with van der Waals surface area (Å²) in [7, 11) is 0. The Bertz CT molecular complexity index is 695. The third kappa shape index (κ3) is 3.05. The molecular weight excluding hydrogens is 280 g/mol. The molecule has 0 saturated heterocycles. The normalized spacial score (nSPS) is 9.80. The van der Waals surface area contributed by atoms with Gasteiger partial charge in [0.05, 0.1) is 11.6 Å². The molecule has 0 spiro atoms. The highest BCUT2D eigenvalue weighted by Gasteiger charge is 2.12. The number of carbonyl (C=O) groups is 1. The first-order valence-corrected chi connectivity index (χ1v) is 5.99. The van der Waals surface area contributed by atoms with Crippen molar-refractivity contribution in [3.05, 3.63) is 58.4 Å². The first-order valence-electron chi connectivity index (χ1n) is 5.61. The number of pyridine rings is 1. The number of ether oxygens (including phenoxy) is 1. The lowest BCUT2D eigenvalue weighted by atomic mass is 10.1. The molecule has 20 heavy (non-hydrogen) atoms. The molecule has 1 N–H and O–H groups in total. The van der Waals surface area contributed by atoms with Gasteiger partial charge >= 0.3 is 5.97 Å². The van der Waals surface area contributed by atoms with Crippen LogP contribution in [0, 0.1) is 11.3 Å². The molecule has 0 aliphatic carbocycles. The van der Waals surface area contributed by atoms with Crippen LogP contribution in [0.4, 0.5) is 0 Å². The highest BCUT2D eigenvalue weighted by atomic mass is 35.5. The number of halogens is 1. The Hall–Kier alpha value is -2.58. The van der Waals surface area contributed by atoms with E-state index in [1.165, 1.54) is 18.3 Å². The van der Waals surface area contributed by atoms with Crippen LogP contribution < -0.4 is 4.74 Å². The maximum absolute atomic E-state index is 11.0. The third-order valence-corrected chi connectivity index (χ3v) is 2.89. The summed E-state index contributed by atoms with van der Waals surface area (Å²) in [6.07, 6.45) is 1.38. The summed E-state index contributed by atoms with van der Waals surface area (Å²) in [5.74, 6) is -0.994. The molecule has 0 aliphatic heterocycles. The smallest absolute Gasteiger partial charge is 0.358 e. The van der Waals surface area contributed by atoms with E-state index in [0.717, 1.165) is 0 Å². The Morgan fingerprint density at radius 3 is 2.90 bits per heavy atom. The fourth-order valence-corrected chi connectivity index (χ4v) is 1.79. The highest BCUT2D eigenvalue weighted by molar-refractivity contribution is 6.31. The molecule has 0 atom stereocenters. The van der Waals surface area contributed by atoms with Gasteiger partial charge in [0.15, 0.2) is 11.4 Å². The van der Waals surface area contributed by atoms with Gasteiger partial charge in [-0.2, -0.15) is 5.26 Å². The van der Waals surface area contributed by atoms with Gasteiger partial charge < -0.3 is 9.84 Å². The van der Waals surface area contributed by atoms with Gasteiger partial charge in [-0.05, 0) is 24.3 Å². The molecule has 0 bridgehead atoms. The van der Waals surface area contributed by atoms with E-state index in [4.69, 9.17) is 26.7 Å². The monoisotopic (exact) mass is 288 g/mol. The van der Waals surface area contributed by atoms with Gasteiger partial charge in [0.25, 0.3) is 0 Å². The predicted octanol–water partition coefficient (Wildman–Crippen LogP) is 2.88. The van der Waals surface area contributed by atoms with Crippen molar-refractivity contribution in [2.75, 3.05) is 0 Å². The fourth-order valence-electron chi connectivity index (χ4n) is 1.56. The lowest BCUT2D eigenvalue weighted by molar-refractivity contribution is 0.0685. The molecule has 2 rings (SSSR count). The molecule has 0 radical (unpaired) electrons. The van der Waals surface area contributed by atoms with Crippen molar-refractivity contribution >= 4 is 17.6 Å². The lowest BCUT2D eigenvalue weighted by Gasteiger charge is -2.09. The maximum Gasteiger partial charge on any atom is 0.358 e. The molecule has 1 aromatic carbocycles. The van der Waals surface area contributed by atoms with Crippen molar-refractivity contribution in [3.8, 4) is 11.8 Å². The minimum Gasteiger partial charge on any atom is -0.486 e. The second-order valence-corrected chi connectivity index (χ2v) is 4.27. The van der Waals surface area contributed by atoms with Gasteiger partial charge in [-0.15, -0.1) is 0 Å². The van der Waals surface area contributed by atoms with Crippen LogP contribution in [-0.4, -0.2) is 16.1 Å². The van der Waals surface area contributed by atoms with Crippen molar-refractivity contribution in [2.24, 2.45) is 0 Å². The quantitative estimate of drug-likeness (QED) is 0.935. The van der Waals surface area contributed by atoms with Crippen LogP contribution in [0.2, 0.25) is 5.02 Å². The molecular formula is C14H9ClN2O3. The van der Waals surface area contributed by atoms with Gasteiger partial charge in [-0.3, -0.25) is 0 Å². The van der Waals surface area contributed by atoms with E-state index in [0.29, 0.717) is 16.1 Å². The molecule has 0 amide bonds. The molecule has 0 unspecified atom stereocenters. The Morgan fingerprint density at radius 2 is 2.25 bits per heavy atom. The summed E-state index contributed by atoms with van der Waals surface area (Å²) in [5, 5.41) is 18.1. The topological polar surface area (TPSA) is 83.2 Å². The maximum atomic E-state index is 11.0. The average Bonchev–Trinajstić information content (AvgIpc) is 2.46. The first kappa shape index (κ1) is 13.8. The molecule has 100 valence electrons. The number of rotatable bonds is 4. The van der Waals surface area contributed by atoms with Gasteiger partial charge in [0.1, 0.15) is 6.61 Å². The largest absolute Gasteiger partial charge is 0.486 e. The number of benzene rings is 1. The minimum absolute atomic E-state index is 0.0938. The summed E-state index contributed by atoms with van der Waals surface area (Å²) in [6, 6.07) is 9.90. The molecule has 1 aromatic heterocycles. The molecule has 2 aromatic rings. The lowest BCUT2D eigenvalue weighted by Crippen LogP contribution is -2.05. The van der Waals surface area contributed by atoms with E-state index in [9.17, 15) is 4.79 Å². The van der Waals surface area contributed by atoms with Gasteiger partial charge in [-0.1, -0.05) is 17.7 Å². The Kier molecular flexibility index (Phi) is 4.18. The minimum atomic E-state index is -1.16. The van der Waals surface area contributed by atoms with Crippen LogP contribution in [0.1, 0.15) is 21.6 Å². The van der Waals surface area contributed by atoms with Crippen LogP contribution >= 0.6 is 11.6 Å². The third-order valence-electron chi connectivity index (χ3n) is 2.54. The van der Waals surface area contributed by atoms with Crippen molar-refractivity contribution < 1.29 is 14.6 Å². The van der Waals surface area contributed by atoms with E-state index < -0.39 is 5.97 Å². The van der Waals surface area contributed by atoms with Crippen LogP contribution in [0.15, 0.2) is 36.5 Å². The number of hydrogen-bond donors (Lipinski definition) is 1. The zero-order valence-corrected chi connectivity index (χ0v) is 11.0. The first-order chi connectivity index (χ1) is 9.61. The van der Waals surface area contributed by atoms with Gasteiger partial charge in [-0.25, -0.2) is 9.78 Å². The van der Waals surface area contributed by atoms with E-state index in [-0.39, 0.29) is 18.1 Å². The highest BCUT2D eigenvalue weighted by Crippen LogP contribution is 2.21. The molecule has 5 nitrogen and oxygen atoms in total. The van der Waals surface area contributed by atoms with Crippen molar-refractivity contribution in [1.82, 2.24) is 4.98 Å². The molecule has 6 heteroatoms. The summed E-state index contributed by atoms with van der Waals surface area (Å²) in [4.78, 5) is 14.7. The second-order valence-electron chi connectivity index (χ2n) is 3.86. The van der Waals surface area contributed by atoms with E-state index >= 15 is 0 Å². The standard InChI is InChI=1S/C14H9ClN2O3/c15-11-6-9(7-16)3-4-10(11)8-20-12-2-1-5-17-13(12)14(18)19/h1-6H,8H2,(H,18,19). The average molecular weight is 289 g/mol. The van der Waals surface area contributed by atoms with E-state index in [2.05, 4.69) is 4.98 Å². The van der Waals surface area contributed by atoms with Crippen LogP contribution in [0.25, 0.3) is 0 Å². The van der Waals surface area contributed by atoms with Crippen molar-refractivity contribution in [3.63, 3.8) is 0 Å². The number of carboxylic acid groups (broad SMARTS) is 1. The SMILES string of the molecule is N#Cc1ccc(COc2cccnc2C(=O)O)c(Cl)c1. The molecule has 0 fully saturated rings. The number of aromatic nitrogens is 1. The van der Waals surface area contributed by atoms with Gasteiger partial charge in [0.2, 0.25) is 0 Å². The van der Waals surface area contributed by atoms with Crippen molar-refractivity contribution in [1.29, 1.82) is 5.26 Å². The van der Waals surface area contributed by atoms with Crippen LogP contribution in [0.3, 0.4) is 0 Å². The Labute approximate surface area is 120 Å². The molecule has 0 saturated carbocycles. The Morgan fingerprint density at radius 1 is 1.45 bits per heavy atom. The predicted molar refractivity (Wildman–Crippen MR) is 71.7 cm³/mol. The summed E-state index contributed by atoms with van der Waals surface area (Å²) < 4.78 is 5.43. The zero-order chi connectivity index (χ0) is 14.5. The summed E-state index contributed by atoms with van der Waals surface area (Å²) in [6.45, 7) is 0.0938. The van der Waals surface area contributed by atoms with E-state index in [1.54, 1.807) is 18.2 Å². The van der Waals surface area contributed by atoms with Crippen LogP contribution in [0.5, 0.6) is 5.75 Å². The second kappa shape index (κ2) is 6.04. The number of nitriles is 1. The molecule has 1 heterocycles. The number of aromatic carboxylic acids is 1. The fraction of sp³-hybridized carbons (Fsp3) is 0.0714. The summed E-state index contributed by atoms with van der Waals surface area (Å²) in [5.41, 5.74) is 0.953. The van der Waals surface area contributed by atoms with Crippen molar-refractivity contribution in [2.45, 2.75) is 6.61 Å². The zero-order valence-electron chi connectivity index (χ0n) is 10.2. The number of nitrogens with zero attached hydrogens (tertiary/aromatic N) is 2. The van der Waals surface area contributed by atoms with Crippen LogP contribution in [-0.2, 0) is 6.61 Å². The van der Waals surface area contributed by atoms with Gasteiger partial charge in [0, 0.05) is 16.8 Å².